The van der Waals surface area contributed by atoms with Crippen LogP contribution in [0.5, 0.6) is 0 Å². The molecule has 1 amide bonds. The molecule has 1 aromatic carbocycles. The Morgan fingerprint density at radius 3 is 2.23 bits per heavy atom. The van der Waals surface area contributed by atoms with Crippen LogP contribution in [0.2, 0.25) is 0 Å². The highest BCUT2D eigenvalue weighted by molar-refractivity contribution is 7.89. The van der Waals surface area contributed by atoms with Gasteiger partial charge in [0.25, 0.3) is 5.91 Å². The second kappa shape index (κ2) is 7.59. The molecular formula is C18H23N3O4S. The molecule has 0 aliphatic carbocycles. The summed E-state index contributed by atoms with van der Waals surface area (Å²) >= 11 is 0. The average Bonchev–Trinajstić information content (AvgIpc) is 2.86. The first-order valence-corrected chi connectivity index (χ1v) is 10.2. The second-order valence-corrected chi connectivity index (χ2v) is 8.43. The monoisotopic (exact) mass is 377 g/mol. The van der Waals surface area contributed by atoms with E-state index >= 15 is 0 Å². The van der Waals surface area contributed by atoms with E-state index in [1.54, 1.807) is 18.2 Å². The summed E-state index contributed by atoms with van der Waals surface area (Å²) in [6, 6.07) is 6.03. The van der Waals surface area contributed by atoms with Crippen LogP contribution >= 0.6 is 0 Å². The minimum Gasteiger partial charge on any atom is -0.359 e. The van der Waals surface area contributed by atoms with E-state index in [9.17, 15) is 13.2 Å². The molecule has 1 N–H and O–H groups in total. The molecule has 2 aromatic rings. The molecule has 0 saturated carbocycles. The van der Waals surface area contributed by atoms with Gasteiger partial charge >= 0.3 is 0 Å². The molecule has 0 spiro atoms. The Balaban J connectivity index is 1.76. The van der Waals surface area contributed by atoms with Crippen molar-refractivity contribution < 1.29 is 17.7 Å². The number of rotatable bonds is 4. The molecule has 1 aliphatic heterocycles. The first-order chi connectivity index (χ1) is 12.4. The number of amides is 1. The van der Waals surface area contributed by atoms with Crippen molar-refractivity contribution in [2.24, 2.45) is 0 Å². The molecule has 0 radical (unpaired) electrons. The number of benzene rings is 1. The van der Waals surface area contributed by atoms with Gasteiger partial charge in [-0.1, -0.05) is 18.0 Å². The first-order valence-electron chi connectivity index (χ1n) is 8.74. The van der Waals surface area contributed by atoms with Crippen LogP contribution in [0.4, 0.5) is 5.69 Å². The summed E-state index contributed by atoms with van der Waals surface area (Å²) in [6.07, 6.45) is 3.90. The molecule has 2 heterocycles. The molecule has 0 atom stereocenters. The van der Waals surface area contributed by atoms with Gasteiger partial charge < -0.3 is 9.84 Å². The molecule has 1 saturated heterocycles. The van der Waals surface area contributed by atoms with Crippen LogP contribution in [-0.4, -0.2) is 36.9 Å². The molecule has 1 aliphatic rings. The zero-order valence-corrected chi connectivity index (χ0v) is 15.8. The number of carbonyl (C=O) groups excluding carboxylic acids is 1. The van der Waals surface area contributed by atoms with Crippen molar-refractivity contribution in [2.45, 2.75) is 44.4 Å². The van der Waals surface area contributed by atoms with E-state index < -0.39 is 10.0 Å². The van der Waals surface area contributed by atoms with Gasteiger partial charge in [0.15, 0.2) is 5.76 Å². The summed E-state index contributed by atoms with van der Waals surface area (Å²) < 4.78 is 32.1. The van der Waals surface area contributed by atoms with E-state index in [0.29, 0.717) is 35.8 Å². The molecule has 26 heavy (non-hydrogen) atoms. The average molecular weight is 377 g/mol. The lowest BCUT2D eigenvalue weighted by Gasteiger charge is -2.20. The maximum Gasteiger partial charge on any atom is 0.255 e. The van der Waals surface area contributed by atoms with Crippen molar-refractivity contribution in [2.75, 3.05) is 18.4 Å². The minimum absolute atomic E-state index is 0.216. The standard InChI is InChI=1S/C18H23N3O4S/c1-13-17(14(2)25-20-13)19-18(22)15-7-9-16(10-8-15)26(23,24)21-11-5-3-4-6-12-21/h7-10H,3-6,11-12H2,1-2H3,(H,19,22). The molecule has 1 aromatic heterocycles. The van der Waals surface area contributed by atoms with Crippen molar-refractivity contribution >= 4 is 21.6 Å². The Bertz CT molecular complexity index is 860. The molecule has 3 rings (SSSR count). The maximum atomic E-state index is 12.8. The zero-order valence-electron chi connectivity index (χ0n) is 15.0. The van der Waals surface area contributed by atoms with Crippen molar-refractivity contribution in [3.8, 4) is 0 Å². The Morgan fingerprint density at radius 1 is 1.08 bits per heavy atom. The highest BCUT2D eigenvalue weighted by atomic mass is 32.2. The molecule has 8 heteroatoms. The van der Waals surface area contributed by atoms with Crippen LogP contribution in [0.1, 0.15) is 47.5 Å². The van der Waals surface area contributed by atoms with Crippen molar-refractivity contribution in [3.63, 3.8) is 0 Å². The Hall–Kier alpha value is -2.19. The Kier molecular flexibility index (Phi) is 5.43. The number of carbonyl (C=O) groups is 1. The highest BCUT2D eigenvalue weighted by Gasteiger charge is 2.25. The van der Waals surface area contributed by atoms with Gasteiger partial charge in [-0.2, -0.15) is 4.31 Å². The summed E-state index contributed by atoms with van der Waals surface area (Å²) in [5.74, 6) is 0.189. The van der Waals surface area contributed by atoms with Crippen molar-refractivity contribution in [3.05, 3.63) is 41.3 Å². The topological polar surface area (TPSA) is 92.5 Å². The van der Waals surface area contributed by atoms with E-state index in [-0.39, 0.29) is 10.8 Å². The summed E-state index contributed by atoms with van der Waals surface area (Å²) in [4.78, 5) is 12.6. The van der Waals surface area contributed by atoms with Crippen LogP contribution in [-0.2, 0) is 10.0 Å². The fourth-order valence-corrected chi connectivity index (χ4v) is 4.57. The molecule has 7 nitrogen and oxygen atoms in total. The van der Waals surface area contributed by atoms with Crippen LogP contribution in [0.3, 0.4) is 0 Å². The van der Waals surface area contributed by atoms with Crippen LogP contribution in [0, 0.1) is 13.8 Å². The number of nitrogens with one attached hydrogen (secondary N) is 1. The number of hydrogen-bond acceptors (Lipinski definition) is 5. The van der Waals surface area contributed by atoms with Gasteiger partial charge in [-0.25, -0.2) is 8.42 Å². The van der Waals surface area contributed by atoms with E-state index in [4.69, 9.17) is 4.52 Å². The molecule has 140 valence electrons. The van der Waals surface area contributed by atoms with Gasteiger partial charge in [-0.3, -0.25) is 4.79 Å². The fraction of sp³-hybridized carbons (Fsp3) is 0.444. The second-order valence-electron chi connectivity index (χ2n) is 6.50. The summed E-state index contributed by atoms with van der Waals surface area (Å²) in [6.45, 7) is 4.56. The van der Waals surface area contributed by atoms with Crippen molar-refractivity contribution in [1.82, 2.24) is 9.46 Å². The van der Waals surface area contributed by atoms with Gasteiger partial charge in [0.05, 0.1) is 4.90 Å². The lowest BCUT2D eigenvalue weighted by molar-refractivity contribution is 0.102. The first kappa shape index (κ1) is 18.6. The number of sulfonamides is 1. The number of nitrogens with zero attached hydrogens (tertiary/aromatic N) is 2. The zero-order chi connectivity index (χ0) is 18.7. The van der Waals surface area contributed by atoms with Crippen LogP contribution in [0.15, 0.2) is 33.7 Å². The summed E-state index contributed by atoms with van der Waals surface area (Å²) in [5.41, 5.74) is 1.51. The molecule has 1 fully saturated rings. The molecule has 0 bridgehead atoms. The van der Waals surface area contributed by atoms with E-state index in [0.717, 1.165) is 25.7 Å². The maximum absolute atomic E-state index is 12.8. The number of hydrogen-bond donors (Lipinski definition) is 1. The van der Waals surface area contributed by atoms with E-state index in [1.807, 2.05) is 0 Å². The predicted octanol–water partition coefficient (Wildman–Crippen LogP) is 3.11. The predicted molar refractivity (Wildman–Crippen MR) is 97.6 cm³/mol. The van der Waals surface area contributed by atoms with Crippen LogP contribution < -0.4 is 5.32 Å². The van der Waals surface area contributed by atoms with Gasteiger partial charge in [0, 0.05) is 18.7 Å². The van der Waals surface area contributed by atoms with Crippen molar-refractivity contribution in [1.29, 1.82) is 0 Å². The quantitative estimate of drug-likeness (QED) is 0.884. The van der Waals surface area contributed by atoms with Crippen LogP contribution in [0.25, 0.3) is 0 Å². The van der Waals surface area contributed by atoms with Gasteiger partial charge in [0.2, 0.25) is 10.0 Å². The van der Waals surface area contributed by atoms with Gasteiger partial charge in [0.1, 0.15) is 11.4 Å². The number of anilines is 1. The fourth-order valence-electron chi connectivity index (χ4n) is 3.06. The highest BCUT2D eigenvalue weighted by Crippen LogP contribution is 2.22. The molecular weight excluding hydrogens is 354 g/mol. The smallest absolute Gasteiger partial charge is 0.255 e. The molecule has 0 unspecified atom stereocenters. The van der Waals surface area contributed by atoms with Gasteiger partial charge in [-0.15, -0.1) is 0 Å². The normalized spacial score (nSPS) is 16.2. The van der Waals surface area contributed by atoms with Gasteiger partial charge in [-0.05, 0) is 51.0 Å². The largest absolute Gasteiger partial charge is 0.359 e. The Labute approximate surface area is 153 Å². The van der Waals surface area contributed by atoms with E-state index in [2.05, 4.69) is 10.5 Å². The third-order valence-corrected chi connectivity index (χ3v) is 6.50. The minimum atomic E-state index is -3.51. The summed E-state index contributed by atoms with van der Waals surface area (Å²) in [5, 5.41) is 6.54. The number of aryl methyl sites for hydroxylation is 2. The lowest BCUT2D eigenvalue weighted by atomic mass is 10.2. The summed E-state index contributed by atoms with van der Waals surface area (Å²) in [7, 11) is -3.51. The third kappa shape index (κ3) is 3.81. The third-order valence-electron chi connectivity index (χ3n) is 4.59. The number of aromatic nitrogens is 1. The van der Waals surface area contributed by atoms with E-state index in [1.165, 1.54) is 24.3 Å². The SMILES string of the molecule is Cc1noc(C)c1NC(=O)c1ccc(S(=O)(=O)N2CCCCCC2)cc1. The Morgan fingerprint density at radius 2 is 1.69 bits per heavy atom. The lowest BCUT2D eigenvalue weighted by Crippen LogP contribution is -2.31.